The number of thiazole rings is 1. The van der Waals surface area contributed by atoms with Gasteiger partial charge in [0.05, 0.1) is 28.8 Å². The number of hydrogen-bond donors (Lipinski definition) is 3. The van der Waals surface area contributed by atoms with Crippen LogP contribution in [0.3, 0.4) is 0 Å². The largest absolute Gasteiger partial charge is 0.346 e. The van der Waals surface area contributed by atoms with E-state index in [9.17, 15) is 9.18 Å². The molecule has 0 spiro atoms. The Kier molecular flexibility index (Phi) is 5.87. The highest BCUT2D eigenvalue weighted by Gasteiger charge is 2.11. The van der Waals surface area contributed by atoms with Crippen LogP contribution >= 0.6 is 11.3 Å². The molecule has 4 rings (SSSR count). The number of aromatic amines is 1. The van der Waals surface area contributed by atoms with Crippen molar-refractivity contribution in [1.29, 1.82) is 0 Å². The fraction of sp³-hybridized carbons (Fsp3) is 0.200. The summed E-state index contributed by atoms with van der Waals surface area (Å²) in [7, 11) is 0. The van der Waals surface area contributed by atoms with Gasteiger partial charge >= 0.3 is 0 Å². The Morgan fingerprint density at radius 2 is 2.07 bits per heavy atom. The van der Waals surface area contributed by atoms with Gasteiger partial charge in [0.15, 0.2) is 0 Å². The molecular weight excluding hydrogens is 391 g/mol. The second kappa shape index (κ2) is 8.89. The van der Waals surface area contributed by atoms with Crippen LogP contribution in [0.1, 0.15) is 26.9 Å². The first-order chi connectivity index (χ1) is 14.2. The van der Waals surface area contributed by atoms with Gasteiger partial charge in [-0.3, -0.25) is 9.78 Å². The highest BCUT2D eigenvalue weighted by atomic mass is 32.1. The van der Waals surface area contributed by atoms with Gasteiger partial charge in [-0.2, -0.15) is 0 Å². The number of pyridine rings is 1. The van der Waals surface area contributed by atoms with Crippen LogP contribution in [0.15, 0.2) is 48.1 Å². The van der Waals surface area contributed by atoms with E-state index < -0.39 is 5.82 Å². The number of carbonyl (C=O) groups excluding carboxylic acids is 1. The number of carbonyl (C=O) groups is 1. The van der Waals surface area contributed by atoms with Gasteiger partial charge in [0, 0.05) is 36.7 Å². The SMILES string of the molecule is O=C(NCc1ccncc1F)c1csc(CCNCc2nc3ccccc3[nH]2)n1. The molecule has 9 heteroatoms. The van der Waals surface area contributed by atoms with Gasteiger partial charge in [0.1, 0.15) is 17.3 Å². The molecule has 4 aromatic rings. The Bertz CT molecular complexity index is 1090. The van der Waals surface area contributed by atoms with Crippen molar-refractivity contribution in [3.05, 3.63) is 76.0 Å². The zero-order valence-electron chi connectivity index (χ0n) is 15.5. The number of benzene rings is 1. The Balaban J connectivity index is 1.23. The van der Waals surface area contributed by atoms with Gasteiger partial charge in [-0.05, 0) is 18.2 Å². The minimum Gasteiger partial charge on any atom is -0.346 e. The maximum absolute atomic E-state index is 13.6. The zero-order valence-corrected chi connectivity index (χ0v) is 16.3. The molecule has 3 aromatic heterocycles. The van der Waals surface area contributed by atoms with Crippen LogP contribution in [-0.2, 0) is 19.5 Å². The first kappa shape index (κ1) is 19.2. The van der Waals surface area contributed by atoms with E-state index in [1.54, 1.807) is 5.38 Å². The topological polar surface area (TPSA) is 95.6 Å². The van der Waals surface area contributed by atoms with E-state index in [1.807, 2.05) is 24.3 Å². The predicted molar refractivity (Wildman–Crippen MR) is 109 cm³/mol. The minimum atomic E-state index is -0.442. The van der Waals surface area contributed by atoms with E-state index in [4.69, 9.17) is 0 Å². The average Bonchev–Trinajstić information content (AvgIpc) is 3.37. The van der Waals surface area contributed by atoms with E-state index in [0.717, 1.165) is 28.1 Å². The number of halogens is 1. The summed E-state index contributed by atoms with van der Waals surface area (Å²) >= 11 is 1.43. The molecule has 29 heavy (non-hydrogen) atoms. The smallest absolute Gasteiger partial charge is 0.271 e. The van der Waals surface area contributed by atoms with Crippen LogP contribution in [0.2, 0.25) is 0 Å². The second-order valence-electron chi connectivity index (χ2n) is 6.40. The standard InChI is InChI=1S/C20H19FN6OS/c21-14-10-22-7-5-13(14)9-24-20(28)17-12-29-19(27-17)6-8-23-11-18-25-15-3-1-2-4-16(15)26-18/h1-5,7,10,12,23H,6,8-9,11H2,(H,24,28)(H,25,26). The molecular formula is C20H19FN6OS. The quantitative estimate of drug-likeness (QED) is 0.388. The van der Waals surface area contributed by atoms with Crippen molar-refractivity contribution < 1.29 is 9.18 Å². The molecule has 0 saturated heterocycles. The van der Waals surface area contributed by atoms with Crippen molar-refractivity contribution in [1.82, 2.24) is 30.6 Å². The average molecular weight is 410 g/mol. The molecule has 1 amide bonds. The van der Waals surface area contributed by atoms with Gasteiger partial charge in [0.2, 0.25) is 0 Å². The van der Waals surface area contributed by atoms with Crippen LogP contribution in [0.5, 0.6) is 0 Å². The van der Waals surface area contributed by atoms with Gasteiger partial charge in [-0.25, -0.2) is 14.4 Å². The van der Waals surface area contributed by atoms with Crippen LogP contribution in [-0.4, -0.2) is 32.4 Å². The van der Waals surface area contributed by atoms with Gasteiger partial charge in [-0.15, -0.1) is 11.3 Å². The summed E-state index contributed by atoms with van der Waals surface area (Å²) in [6.07, 6.45) is 3.32. The van der Waals surface area contributed by atoms with E-state index in [-0.39, 0.29) is 12.5 Å². The van der Waals surface area contributed by atoms with Crippen molar-refractivity contribution in [3.63, 3.8) is 0 Å². The zero-order chi connectivity index (χ0) is 20.1. The molecule has 0 saturated carbocycles. The summed E-state index contributed by atoms with van der Waals surface area (Å²) in [5.74, 6) is 0.120. The first-order valence-corrected chi connectivity index (χ1v) is 10.0. The highest BCUT2D eigenvalue weighted by molar-refractivity contribution is 7.09. The number of aromatic nitrogens is 4. The third-order valence-corrected chi connectivity index (χ3v) is 5.24. The molecule has 0 aliphatic heterocycles. The van der Waals surface area contributed by atoms with Crippen molar-refractivity contribution in [2.24, 2.45) is 0 Å². The lowest BCUT2D eigenvalue weighted by atomic mass is 10.2. The molecule has 3 heterocycles. The Morgan fingerprint density at radius 1 is 1.17 bits per heavy atom. The predicted octanol–water partition coefficient (Wildman–Crippen LogP) is 2.82. The molecule has 0 bridgehead atoms. The third kappa shape index (κ3) is 4.82. The molecule has 148 valence electrons. The van der Waals surface area contributed by atoms with Crippen molar-refractivity contribution in [2.75, 3.05) is 6.54 Å². The number of amides is 1. The molecule has 0 radical (unpaired) electrons. The van der Waals surface area contributed by atoms with Crippen LogP contribution < -0.4 is 10.6 Å². The monoisotopic (exact) mass is 410 g/mol. The van der Waals surface area contributed by atoms with E-state index in [0.29, 0.717) is 30.8 Å². The maximum Gasteiger partial charge on any atom is 0.271 e. The second-order valence-corrected chi connectivity index (χ2v) is 7.35. The minimum absolute atomic E-state index is 0.0963. The van der Waals surface area contributed by atoms with Gasteiger partial charge in [0.25, 0.3) is 5.91 Å². The summed E-state index contributed by atoms with van der Waals surface area (Å²) in [5.41, 5.74) is 2.70. The van der Waals surface area contributed by atoms with Gasteiger partial charge < -0.3 is 15.6 Å². The summed E-state index contributed by atoms with van der Waals surface area (Å²) in [5, 5.41) is 8.59. The Labute approximate surface area is 170 Å². The summed E-state index contributed by atoms with van der Waals surface area (Å²) in [6, 6.07) is 9.44. The fourth-order valence-electron chi connectivity index (χ4n) is 2.83. The molecule has 0 atom stereocenters. The molecule has 0 aliphatic carbocycles. The van der Waals surface area contributed by atoms with Crippen LogP contribution in [0.4, 0.5) is 4.39 Å². The number of hydrogen-bond acceptors (Lipinski definition) is 6. The Hall–Kier alpha value is -3.17. The highest BCUT2D eigenvalue weighted by Crippen LogP contribution is 2.12. The number of nitrogens with zero attached hydrogens (tertiary/aromatic N) is 3. The number of rotatable bonds is 8. The first-order valence-electron chi connectivity index (χ1n) is 9.14. The van der Waals surface area contributed by atoms with E-state index >= 15 is 0 Å². The van der Waals surface area contributed by atoms with Crippen molar-refractivity contribution >= 4 is 28.3 Å². The van der Waals surface area contributed by atoms with Crippen molar-refractivity contribution in [3.8, 4) is 0 Å². The fourth-order valence-corrected chi connectivity index (χ4v) is 3.61. The normalized spacial score (nSPS) is 11.1. The molecule has 0 aliphatic rings. The molecule has 0 fully saturated rings. The Morgan fingerprint density at radius 3 is 2.93 bits per heavy atom. The van der Waals surface area contributed by atoms with Gasteiger partial charge in [-0.1, -0.05) is 12.1 Å². The summed E-state index contributed by atoms with van der Waals surface area (Å²) in [6.45, 7) is 1.44. The lowest BCUT2D eigenvalue weighted by Gasteiger charge is -2.04. The third-order valence-electron chi connectivity index (χ3n) is 4.33. The van der Waals surface area contributed by atoms with Crippen LogP contribution in [0, 0.1) is 5.82 Å². The number of imidazole rings is 1. The van der Waals surface area contributed by atoms with E-state index in [2.05, 4.69) is 30.6 Å². The molecule has 0 unspecified atom stereocenters. The summed E-state index contributed by atoms with van der Waals surface area (Å²) in [4.78, 5) is 28.1. The maximum atomic E-state index is 13.6. The summed E-state index contributed by atoms with van der Waals surface area (Å²) < 4.78 is 13.6. The van der Waals surface area contributed by atoms with Crippen molar-refractivity contribution in [2.45, 2.75) is 19.5 Å². The lowest BCUT2D eigenvalue weighted by molar-refractivity contribution is 0.0946. The molecule has 1 aromatic carbocycles. The number of H-pyrrole nitrogens is 1. The van der Waals surface area contributed by atoms with E-state index in [1.165, 1.54) is 23.6 Å². The number of fused-ring (bicyclic) bond motifs is 1. The van der Waals surface area contributed by atoms with Crippen LogP contribution in [0.25, 0.3) is 11.0 Å². The lowest BCUT2D eigenvalue weighted by Crippen LogP contribution is -2.24. The molecule has 3 N–H and O–H groups in total. The number of nitrogens with one attached hydrogen (secondary N) is 3. The number of para-hydroxylation sites is 2. The molecule has 7 nitrogen and oxygen atoms in total.